The fourth-order valence-electron chi connectivity index (χ4n) is 2.26. The molecule has 0 spiro atoms. The molecule has 0 heterocycles. The third kappa shape index (κ3) is 1.40. The van der Waals surface area contributed by atoms with Gasteiger partial charge in [-0.2, -0.15) is 0 Å². The Balaban J connectivity index is 2.25. The summed E-state index contributed by atoms with van der Waals surface area (Å²) in [6.07, 6.45) is 1.04. The Kier molecular flexibility index (Phi) is 2.04. The standard InChI is InChI=1S/C12H17NO/c1-8(2)11-7-12(11,13)9-4-3-5-10(14)6-9/h3-6,8,11,14H,7,13H2,1-2H3. The quantitative estimate of drug-likeness (QED) is 0.753. The van der Waals surface area contributed by atoms with E-state index in [9.17, 15) is 5.11 Å². The second-order valence-electron chi connectivity index (χ2n) is 4.65. The van der Waals surface area contributed by atoms with Crippen LogP contribution in [0.2, 0.25) is 0 Å². The molecule has 2 nitrogen and oxygen atoms in total. The van der Waals surface area contributed by atoms with Gasteiger partial charge in [0.1, 0.15) is 5.75 Å². The van der Waals surface area contributed by atoms with Gasteiger partial charge in [0, 0.05) is 5.54 Å². The third-order valence-corrected chi connectivity index (χ3v) is 3.25. The first kappa shape index (κ1) is 9.53. The van der Waals surface area contributed by atoms with Crippen molar-refractivity contribution in [1.29, 1.82) is 0 Å². The van der Waals surface area contributed by atoms with Crippen LogP contribution in [-0.2, 0) is 5.54 Å². The van der Waals surface area contributed by atoms with E-state index in [1.165, 1.54) is 0 Å². The van der Waals surface area contributed by atoms with Crippen molar-refractivity contribution < 1.29 is 5.11 Å². The van der Waals surface area contributed by atoms with Crippen LogP contribution in [0.3, 0.4) is 0 Å². The van der Waals surface area contributed by atoms with Crippen LogP contribution in [-0.4, -0.2) is 5.11 Å². The summed E-state index contributed by atoms with van der Waals surface area (Å²) >= 11 is 0. The second-order valence-corrected chi connectivity index (χ2v) is 4.65. The molecule has 1 aromatic carbocycles. The highest BCUT2D eigenvalue weighted by Crippen LogP contribution is 2.53. The SMILES string of the molecule is CC(C)C1CC1(N)c1cccc(O)c1. The zero-order valence-corrected chi connectivity index (χ0v) is 8.70. The molecule has 1 aromatic rings. The number of benzene rings is 1. The Morgan fingerprint density at radius 2 is 2.21 bits per heavy atom. The van der Waals surface area contributed by atoms with E-state index in [0.717, 1.165) is 12.0 Å². The van der Waals surface area contributed by atoms with Gasteiger partial charge in [0.25, 0.3) is 0 Å². The minimum absolute atomic E-state index is 0.188. The molecular formula is C12H17NO. The molecule has 0 amide bonds. The minimum Gasteiger partial charge on any atom is -0.508 e. The van der Waals surface area contributed by atoms with E-state index in [-0.39, 0.29) is 5.54 Å². The van der Waals surface area contributed by atoms with E-state index >= 15 is 0 Å². The lowest BCUT2D eigenvalue weighted by Crippen LogP contribution is -2.23. The van der Waals surface area contributed by atoms with Crippen molar-refractivity contribution in [3.8, 4) is 5.75 Å². The van der Waals surface area contributed by atoms with E-state index in [2.05, 4.69) is 13.8 Å². The smallest absolute Gasteiger partial charge is 0.115 e. The second kappa shape index (κ2) is 2.99. The summed E-state index contributed by atoms with van der Waals surface area (Å²) in [7, 11) is 0. The topological polar surface area (TPSA) is 46.2 Å². The first-order valence-corrected chi connectivity index (χ1v) is 5.12. The Morgan fingerprint density at radius 1 is 1.50 bits per heavy atom. The molecule has 1 aliphatic rings. The fraction of sp³-hybridized carbons (Fsp3) is 0.500. The average molecular weight is 191 g/mol. The lowest BCUT2D eigenvalue weighted by molar-refractivity contribution is 0.466. The first-order valence-electron chi connectivity index (χ1n) is 5.12. The molecule has 0 saturated heterocycles. The number of phenolic OH excluding ortho intramolecular Hbond substituents is 1. The molecule has 1 aliphatic carbocycles. The molecule has 2 rings (SSSR count). The van der Waals surface area contributed by atoms with Gasteiger partial charge < -0.3 is 10.8 Å². The van der Waals surface area contributed by atoms with Crippen LogP contribution < -0.4 is 5.73 Å². The number of aromatic hydroxyl groups is 1. The highest BCUT2D eigenvalue weighted by atomic mass is 16.3. The van der Waals surface area contributed by atoms with Crippen LogP contribution in [0, 0.1) is 11.8 Å². The van der Waals surface area contributed by atoms with Crippen LogP contribution in [0.1, 0.15) is 25.8 Å². The lowest BCUT2D eigenvalue weighted by atomic mass is 9.98. The summed E-state index contributed by atoms with van der Waals surface area (Å²) in [5.41, 5.74) is 7.15. The maximum Gasteiger partial charge on any atom is 0.115 e. The van der Waals surface area contributed by atoms with Crippen molar-refractivity contribution >= 4 is 0 Å². The van der Waals surface area contributed by atoms with Crippen LogP contribution >= 0.6 is 0 Å². The Hall–Kier alpha value is -1.02. The van der Waals surface area contributed by atoms with Crippen molar-refractivity contribution in [1.82, 2.24) is 0 Å². The molecule has 1 fully saturated rings. The van der Waals surface area contributed by atoms with Crippen molar-refractivity contribution in [2.24, 2.45) is 17.6 Å². The molecule has 1 saturated carbocycles. The highest BCUT2D eigenvalue weighted by molar-refractivity contribution is 5.37. The van der Waals surface area contributed by atoms with Crippen molar-refractivity contribution in [3.63, 3.8) is 0 Å². The Bertz CT molecular complexity index is 348. The van der Waals surface area contributed by atoms with E-state index < -0.39 is 0 Å². The maximum atomic E-state index is 9.37. The first-order chi connectivity index (χ1) is 6.54. The molecule has 0 radical (unpaired) electrons. The number of hydrogen-bond acceptors (Lipinski definition) is 2. The van der Waals surface area contributed by atoms with Crippen molar-refractivity contribution in [3.05, 3.63) is 29.8 Å². The monoisotopic (exact) mass is 191 g/mol. The van der Waals surface area contributed by atoms with Gasteiger partial charge in [-0.25, -0.2) is 0 Å². The molecule has 0 aliphatic heterocycles. The van der Waals surface area contributed by atoms with Crippen LogP contribution in [0.5, 0.6) is 5.75 Å². The molecule has 14 heavy (non-hydrogen) atoms. The number of nitrogens with two attached hydrogens (primary N) is 1. The van der Waals surface area contributed by atoms with Gasteiger partial charge in [-0.05, 0) is 36.0 Å². The summed E-state index contributed by atoms with van der Waals surface area (Å²) in [4.78, 5) is 0. The summed E-state index contributed by atoms with van der Waals surface area (Å²) in [6.45, 7) is 4.39. The van der Waals surface area contributed by atoms with Gasteiger partial charge in [0.2, 0.25) is 0 Å². The van der Waals surface area contributed by atoms with Gasteiger partial charge in [-0.1, -0.05) is 26.0 Å². The van der Waals surface area contributed by atoms with Crippen LogP contribution in [0.25, 0.3) is 0 Å². The van der Waals surface area contributed by atoms with Crippen LogP contribution in [0.4, 0.5) is 0 Å². The molecular weight excluding hydrogens is 174 g/mol. The van der Waals surface area contributed by atoms with E-state index in [1.54, 1.807) is 12.1 Å². The van der Waals surface area contributed by atoms with Gasteiger partial charge in [0.05, 0.1) is 0 Å². The molecule has 2 unspecified atom stereocenters. The largest absolute Gasteiger partial charge is 0.508 e. The average Bonchev–Trinajstić information content (AvgIpc) is 2.80. The van der Waals surface area contributed by atoms with E-state index in [0.29, 0.717) is 17.6 Å². The molecule has 2 atom stereocenters. The number of phenols is 1. The van der Waals surface area contributed by atoms with Gasteiger partial charge in [-0.3, -0.25) is 0 Å². The summed E-state index contributed by atoms with van der Waals surface area (Å²) < 4.78 is 0. The predicted molar refractivity (Wildman–Crippen MR) is 56.9 cm³/mol. The van der Waals surface area contributed by atoms with Gasteiger partial charge >= 0.3 is 0 Å². The molecule has 0 aromatic heterocycles. The summed E-state index contributed by atoms with van der Waals surface area (Å²) in [6, 6.07) is 7.32. The minimum atomic E-state index is -0.188. The number of hydrogen-bond donors (Lipinski definition) is 2. The Morgan fingerprint density at radius 3 is 2.71 bits per heavy atom. The lowest BCUT2D eigenvalue weighted by Gasteiger charge is -2.14. The Labute approximate surface area is 84.7 Å². The fourth-order valence-corrected chi connectivity index (χ4v) is 2.26. The zero-order chi connectivity index (χ0) is 10.3. The van der Waals surface area contributed by atoms with Gasteiger partial charge in [0.15, 0.2) is 0 Å². The number of rotatable bonds is 2. The van der Waals surface area contributed by atoms with E-state index in [1.807, 2.05) is 12.1 Å². The van der Waals surface area contributed by atoms with Crippen molar-refractivity contribution in [2.75, 3.05) is 0 Å². The molecule has 76 valence electrons. The predicted octanol–water partition coefficient (Wildman–Crippen LogP) is 2.22. The normalized spacial score (nSPS) is 30.7. The molecule has 3 N–H and O–H groups in total. The van der Waals surface area contributed by atoms with E-state index in [4.69, 9.17) is 5.73 Å². The van der Waals surface area contributed by atoms with Gasteiger partial charge in [-0.15, -0.1) is 0 Å². The molecule has 2 heteroatoms. The molecule has 0 bridgehead atoms. The van der Waals surface area contributed by atoms with Crippen LogP contribution in [0.15, 0.2) is 24.3 Å². The summed E-state index contributed by atoms with van der Waals surface area (Å²) in [5.74, 6) is 1.48. The third-order valence-electron chi connectivity index (χ3n) is 3.25. The van der Waals surface area contributed by atoms with Crippen molar-refractivity contribution in [2.45, 2.75) is 25.8 Å². The highest BCUT2D eigenvalue weighted by Gasteiger charge is 2.53. The maximum absolute atomic E-state index is 9.37. The zero-order valence-electron chi connectivity index (χ0n) is 8.70. The summed E-state index contributed by atoms with van der Waals surface area (Å²) in [5, 5.41) is 9.37.